The lowest BCUT2D eigenvalue weighted by atomic mass is 10.2. The molecular formula is C18H23ClN4O3. The summed E-state index contributed by atoms with van der Waals surface area (Å²) in [4.78, 5) is 40.0. The number of amides is 4. The van der Waals surface area contributed by atoms with Gasteiger partial charge in [0.1, 0.15) is 0 Å². The summed E-state index contributed by atoms with van der Waals surface area (Å²) in [7, 11) is 0. The van der Waals surface area contributed by atoms with Gasteiger partial charge in [-0.05, 0) is 31.4 Å². The van der Waals surface area contributed by atoms with Crippen LogP contribution < -0.4 is 10.6 Å². The Hall–Kier alpha value is -2.12. The molecule has 0 aromatic heterocycles. The largest absolute Gasteiger partial charge is 0.337 e. The monoisotopic (exact) mass is 378 g/mol. The van der Waals surface area contributed by atoms with E-state index >= 15 is 0 Å². The molecule has 1 heterocycles. The molecule has 2 aliphatic rings. The van der Waals surface area contributed by atoms with Crippen molar-refractivity contribution in [3.8, 4) is 0 Å². The predicted octanol–water partition coefficient (Wildman–Crippen LogP) is 1.48. The number of nitrogens with zero attached hydrogens (tertiary/aromatic N) is 2. The number of nitrogens with one attached hydrogen (secondary N) is 2. The first kappa shape index (κ1) is 18.7. The maximum atomic E-state index is 12.6. The summed E-state index contributed by atoms with van der Waals surface area (Å²) >= 11 is 6.12. The SMILES string of the molecule is O=C(CN1CCCN(C(=O)c2ccccc2Cl)CC1)NC(=O)NC1CC1. The zero-order chi connectivity index (χ0) is 18.5. The molecule has 7 nitrogen and oxygen atoms in total. The highest BCUT2D eigenvalue weighted by atomic mass is 35.5. The molecule has 1 aliphatic carbocycles. The van der Waals surface area contributed by atoms with Crippen molar-refractivity contribution in [1.29, 1.82) is 0 Å². The number of hydrogen-bond acceptors (Lipinski definition) is 4. The number of carbonyl (C=O) groups excluding carboxylic acids is 3. The highest BCUT2D eigenvalue weighted by molar-refractivity contribution is 6.33. The van der Waals surface area contributed by atoms with Crippen molar-refractivity contribution in [2.24, 2.45) is 0 Å². The van der Waals surface area contributed by atoms with Crippen molar-refractivity contribution in [3.05, 3.63) is 34.9 Å². The van der Waals surface area contributed by atoms with Gasteiger partial charge in [-0.2, -0.15) is 0 Å². The fraction of sp³-hybridized carbons (Fsp3) is 0.500. The number of rotatable bonds is 4. The minimum absolute atomic E-state index is 0.0919. The Bertz CT molecular complexity index is 693. The zero-order valence-electron chi connectivity index (χ0n) is 14.5. The number of halogens is 1. The van der Waals surface area contributed by atoms with Gasteiger partial charge in [0, 0.05) is 32.2 Å². The quantitative estimate of drug-likeness (QED) is 0.831. The van der Waals surface area contributed by atoms with Gasteiger partial charge in [0.15, 0.2) is 0 Å². The third-order valence-corrected chi connectivity index (χ3v) is 4.84. The first-order valence-corrected chi connectivity index (χ1v) is 9.27. The summed E-state index contributed by atoms with van der Waals surface area (Å²) in [6, 6.07) is 6.80. The average molecular weight is 379 g/mol. The summed E-state index contributed by atoms with van der Waals surface area (Å²) < 4.78 is 0. The van der Waals surface area contributed by atoms with E-state index in [1.807, 2.05) is 4.90 Å². The second-order valence-electron chi connectivity index (χ2n) is 6.70. The molecule has 1 aromatic carbocycles. The van der Waals surface area contributed by atoms with E-state index in [0.29, 0.717) is 36.8 Å². The lowest BCUT2D eigenvalue weighted by Gasteiger charge is -2.22. The third kappa shape index (κ3) is 5.19. The van der Waals surface area contributed by atoms with Crippen LogP contribution in [0.25, 0.3) is 0 Å². The molecule has 1 aromatic rings. The van der Waals surface area contributed by atoms with Crippen molar-refractivity contribution in [2.45, 2.75) is 25.3 Å². The van der Waals surface area contributed by atoms with Gasteiger partial charge in [0.25, 0.3) is 5.91 Å². The fourth-order valence-corrected chi connectivity index (χ4v) is 3.17. The van der Waals surface area contributed by atoms with Crippen molar-refractivity contribution in [3.63, 3.8) is 0 Å². The summed E-state index contributed by atoms with van der Waals surface area (Å²) in [5, 5.41) is 5.53. The fourth-order valence-electron chi connectivity index (χ4n) is 2.96. The molecule has 3 rings (SSSR count). The minimum Gasteiger partial charge on any atom is -0.337 e. The number of imide groups is 1. The summed E-state index contributed by atoms with van der Waals surface area (Å²) in [5.74, 6) is -0.417. The highest BCUT2D eigenvalue weighted by Crippen LogP contribution is 2.19. The Morgan fingerprint density at radius 1 is 1.08 bits per heavy atom. The van der Waals surface area contributed by atoms with Crippen LogP contribution in [-0.2, 0) is 4.79 Å². The van der Waals surface area contributed by atoms with Gasteiger partial charge in [0.05, 0.1) is 17.1 Å². The van der Waals surface area contributed by atoms with Gasteiger partial charge in [-0.3, -0.25) is 19.8 Å². The van der Waals surface area contributed by atoms with Gasteiger partial charge >= 0.3 is 6.03 Å². The lowest BCUT2D eigenvalue weighted by Crippen LogP contribution is -2.45. The Morgan fingerprint density at radius 2 is 1.85 bits per heavy atom. The molecule has 0 spiro atoms. The van der Waals surface area contributed by atoms with E-state index in [1.165, 1.54) is 0 Å². The Labute approximate surface area is 157 Å². The molecule has 0 bridgehead atoms. The van der Waals surface area contributed by atoms with Crippen LogP contribution in [0.5, 0.6) is 0 Å². The first-order chi connectivity index (χ1) is 12.5. The molecule has 2 fully saturated rings. The van der Waals surface area contributed by atoms with Crippen LogP contribution in [0.2, 0.25) is 5.02 Å². The lowest BCUT2D eigenvalue weighted by molar-refractivity contribution is -0.121. The molecule has 1 saturated carbocycles. The molecular weight excluding hydrogens is 356 g/mol. The van der Waals surface area contributed by atoms with Crippen LogP contribution in [0, 0.1) is 0 Å². The van der Waals surface area contributed by atoms with Crippen LogP contribution >= 0.6 is 11.6 Å². The maximum absolute atomic E-state index is 12.6. The molecule has 2 N–H and O–H groups in total. The topological polar surface area (TPSA) is 81.8 Å². The van der Waals surface area contributed by atoms with Gasteiger partial charge in [-0.1, -0.05) is 23.7 Å². The second-order valence-corrected chi connectivity index (χ2v) is 7.10. The van der Waals surface area contributed by atoms with Crippen LogP contribution in [0.4, 0.5) is 4.79 Å². The molecule has 1 saturated heterocycles. The Kier molecular flexibility index (Phi) is 6.11. The first-order valence-electron chi connectivity index (χ1n) is 8.89. The molecule has 0 radical (unpaired) electrons. The van der Waals surface area contributed by atoms with Gasteiger partial charge < -0.3 is 10.2 Å². The number of carbonyl (C=O) groups is 3. The van der Waals surface area contributed by atoms with Gasteiger partial charge in [-0.25, -0.2) is 4.79 Å². The molecule has 0 atom stereocenters. The highest BCUT2D eigenvalue weighted by Gasteiger charge is 2.25. The third-order valence-electron chi connectivity index (χ3n) is 4.51. The van der Waals surface area contributed by atoms with Crippen molar-refractivity contribution >= 4 is 29.4 Å². The summed E-state index contributed by atoms with van der Waals surface area (Å²) in [6.45, 7) is 2.56. The van der Waals surface area contributed by atoms with Crippen molar-refractivity contribution < 1.29 is 14.4 Å². The smallest absolute Gasteiger partial charge is 0.321 e. The van der Waals surface area contributed by atoms with E-state index in [4.69, 9.17) is 11.6 Å². The van der Waals surface area contributed by atoms with Crippen LogP contribution in [0.3, 0.4) is 0 Å². The van der Waals surface area contributed by atoms with Crippen LogP contribution in [0.1, 0.15) is 29.6 Å². The Morgan fingerprint density at radius 3 is 2.58 bits per heavy atom. The predicted molar refractivity (Wildman–Crippen MR) is 98.1 cm³/mol. The van der Waals surface area contributed by atoms with Gasteiger partial charge in [-0.15, -0.1) is 0 Å². The minimum atomic E-state index is -0.428. The normalized spacial score (nSPS) is 18.1. The van der Waals surface area contributed by atoms with E-state index in [0.717, 1.165) is 19.3 Å². The van der Waals surface area contributed by atoms with E-state index in [1.54, 1.807) is 29.2 Å². The number of benzene rings is 1. The Balaban J connectivity index is 1.48. The summed E-state index contributed by atoms with van der Waals surface area (Å²) in [5.41, 5.74) is 0.497. The van der Waals surface area contributed by atoms with E-state index in [2.05, 4.69) is 10.6 Å². The number of urea groups is 1. The molecule has 140 valence electrons. The second kappa shape index (κ2) is 8.51. The average Bonchev–Trinajstić information content (AvgIpc) is 3.42. The molecule has 26 heavy (non-hydrogen) atoms. The zero-order valence-corrected chi connectivity index (χ0v) is 15.3. The molecule has 8 heteroatoms. The van der Waals surface area contributed by atoms with E-state index < -0.39 is 6.03 Å². The van der Waals surface area contributed by atoms with Crippen LogP contribution in [-0.4, -0.2) is 66.4 Å². The molecule has 0 unspecified atom stereocenters. The van der Waals surface area contributed by atoms with Crippen LogP contribution in [0.15, 0.2) is 24.3 Å². The summed E-state index contributed by atoms with van der Waals surface area (Å²) in [6.07, 6.45) is 2.71. The van der Waals surface area contributed by atoms with Gasteiger partial charge in [0.2, 0.25) is 5.91 Å². The van der Waals surface area contributed by atoms with Crippen molar-refractivity contribution in [2.75, 3.05) is 32.7 Å². The van der Waals surface area contributed by atoms with E-state index in [9.17, 15) is 14.4 Å². The molecule has 1 aliphatic heterocycles. The standard InChI is InChI=1S/C18H23ClN4O3/c19-15-5-2-1-4-14(15)17(25)23-9-3-8-22(10-11-23)12-16(24)21-18(26)20-13-6-7-13/h1-2,4-5,13H,3,6-12H2,(H2,20,21,24,26). The van der Waals surface area contributed by atoms with E-state index in [-0.39, 0.29) is 24.4 Å². The maximum Gasteiger partial charge on any atom is 0.321 e. The number of hydrogen-bond donors (Lipinski definition) is 2. The molecule has 4 amide bonds. The van der Waals surface area contributed by atoms with Crippen molar-refractivity contribution in [1.82, 2.24) is 20.4 Å².